The van der Waals surface area contributed by atoms with Crippen molar-refractivity contribution in [3.8, 4) is 11.1 Å². The van der Waals surface area contributed by atoms with E-state index in [4.69, 9.17) is 16.3 Å². The number of aliphatic carboxylic acids is 1. The zero-order valence-corrected chi connectivity index (χ0v) is 25.6. The molecule has 0 fully saturated rings. The van der Waals surface area contributed by atoms with Crippen molar-refractivity contribution in [1.82, 2.24) is 9.13 Å². The van der Waals surface area contributed by atoms with E-state index in [1.165, 1.54) is 17.7 Å². The van der Waals surface area contributed by atoms with Gasteiger partial charge in [0.2, 0.25) is 0 Å². The Morgan fingerprint density at radius 2 is 1.73 bits per heavy atom. The molecule has 2 heterocycles. The van der Waals surface area contributed by atoms with Crippen LogP contribution in [0.5, 0.6) is 0 Å². The van der Waals surface area contributed by atoms with Crippen molar-refractivity contribution in [1.29, 1.82) is 0 Å². The number of halogens is 3. The van der Waals surface area contributed by atoms with Crippen molar-refractivity contribution in [3.63, 3.8) is 0 Å². The molecule has 2 aromatic heterocycles. The summed E-state index contributed by atoms with van der Waals surface area (Å²) in [5.74, 6) is -3.18. The summed E-state index contributed by atoms with van der Waals surface area (Å²) in [6, 6.07) is 12.1. The molecule has 0 aliphatic rings. The van der Waals surface area contributed by atoms with Crippen molar-refractivity contribution >= 4 is 28.5 Å². The maximum Gasteiger partial charge on any atom is 0.339 e. The number of hydrogen-bond acceptors (Lipinski definition) is 3. The number of hydrogen-bond donors (Lipinski definition) is 1. The second kappa shape index (κ2) is 11.1. The summed E-state index contributed by atoms with van der Waals surface area (Å²) in [4.78, 5) is 26.0. The van der Waals surface area contributed by atoms with Gasteiger partial charge in [-0.15, -0.1) is 0 Å². The average Bonchev–Trinajstić information content (AvgIpc) is 3.20. The summed E-state index contributed by atoms with van der Waals surface area (Å²) >= 11 is 6.10. The van der Waals surface area contributed by atoms with E-state index in [2.05, 4.69) is 0 Å². The molecule has 0 amide bonds. The molecule has 0 aliphatic carbocycles. The van der Waals surface area contributed by atoms with E-state index >= 15 is 0 Å². The molecule has 192 valence electrons. The van der Waals surface area contributed by atoms with Crippen LogP contribution in [-0.2, 0) is 23.1 Å². The predicted octanol–water partition coefficient (Wildman–Crippen LogP) is 5.93. The smallest absolute Gasteiger partial charge is 0.339 e. The van der Waals surface area contributed by atoms with Gasteiger partial charge in [-0.3, -0.25) is 4.79 Å². The third-order valence-corrected chi connectivity index (χ3v) is 6.02. The Morgan fingerprint density at radius 3 is 2.30 bits per heavy atom. The van der Waals surface area contributed by atoms with Gasteiger partial charge in [0.15, 0.2) is 17.7 Å². The largest absolute Gasteiger partial charge is 0.479 e. The molecule has 4 aromatic rings. The zero-order valence-electron chi connectivity index (χ0n) is 20.7. The molecule has 6 nitrogen and oxygen atoms in total. The van der Waals surface area contributed by atoms with E-state index in [1.54, 1.807) is 61.9 Å². The number of fused-ring (bicyclic) bond motifs is 1. The molecule has 1 N–H and O–H groups in total. The number of rotatable bonds is 6. The van der Waals surface area contributed by atoms with Crippen molar-refractivity contribution in [3.05, 3.63) is 93.0 Å². The van der Waals surface area contributed by atoms with E-state index in [9.17, 15) is 23.5 Å². The molecule has 0 aliphatic heterocycles. The average molecular weight is 753 g/mol. The number of aromatic nitrogens is 2. The van der Waals surface area contributed by atoms with Gasteiger partial charge >= 0.3 is 5.97 Å². The van der Waals surface area contributed by atoms with Crippen LogP contribution in [0.25, 0.3) is 22.0 Å². The summed E-state index contributed by atoms with van der Waals surface area (Å²) in [6.07, 6.45) is 0.226. The second-order valence-electron chi connectivity index (χ2n) is 9.53. The fraction of sp³-hybridized carbons (Fsp3) is 0.259. The Hall–Kier alpha value is -2.44. The van der Waals surface area contributed by atoms with Gasteiger partial charge in [-0.25, -0.2) is 13.6 Å². The quantitative estimate of drug-likeness (QED) is 0.266. The first kappa shape index (κ1) is 29.1. The molecule has 1 unspecified atom stereocenters. The Morgan fingerprint density at radius 1 is 1.08 bits per heavy atom. The standard InChI is InChI=1S/C27H25ClF2N2O4.U/c1-27(2,3)36-24(26(34)35)23-21(16-6-8-17(28)9-7-16)18-11-12-32(22(18)25(33)31(23)4)14-15-5-10-19(29)20(30)13-15;/h5-13,24H,14H2,1-4H3,(H,34,35);. The molecule has 0 saturated heterocycles. The van der Waals surface area contributed by atoms with Crippen molar-refractivity contribution in [2.24, 2.45) is 7.05 Å². The number of ether oxygens (including phenoxy) is 1. The number of carboxylic acids is 1. The third kappa shape index (κ3) is 6.01. The molecule has 0 saturated carbocycles. The first-order valence-electron chi connectivity index (χ1n) is 11.2. The van der Waals surface area contributed by atoms with Gasteiger partial charge < -0.3 is 19.0 Å². The normalized spacial score (nSPS) is 12.4. The summed E-state index contributed by atoms with van der Waals surface area (Å²) < 4.78 is 36.0. The van der Waals surface area contributed by atoms with Crippen LogP contribution in [0.1, 0.15) is 38.1 Å². The second-order valence-corrected chi connectivity index (χ2v) is 9.97. The first-order chi connectivity index (χ1) is 16.9. The number of benzene rings is 2. The van der Waals surface area contributed by atoms with Gasteiger partial charge in [0.05, 0.1) is 11.3 Å². The van der Waals surface area contributed by atoms with Crippen LogP contribution >= 0.6 is 11.6 Å². The fourth-order valence-electron chi connectivity index (χ4n) is 4.26. The van der Waals surface area contributed by atoms with Crippen LogP contribution in [0.4, 0.5) is 8.78 Å². The van der Waals surface area contributed by atoms with Crippen LogP contribution in [0.15, 0.2) is 59.5 Å². The topological polar surface area (TPSA) is 73.5 Å². The van der Waals surface area contributed by atoms with E-state index in [0.29, 0.717) is 27.1 Å². The number of nitrogens with zero attached hydrogens (tertiary/aromatic N) is 2. The summed E-state index contributed by atoms with van der Waals surface area (Å²) in [7, 11) is 1.49. The minimum Gasteiger partial charge on any atom is -0.479 e. The molecule has 4 rings (SSSR count). The number of pyridine rings is 1. The van der Waals surface area contributed by atoms with Crippen LogP contribution in [0.3, 0.4) is 0 Å². The van der Waals surface area contributed by atoms with E-state index < -0.39 is 34.9 Å². The van der Waals surface area contributed by atoms with Crippen LogP contribution in [0.2, 0.25) is 5.02 Å². The monoisotopic (exact) mass is 752 g/mol. The summed E-state index contributed by atoms with van der Waals surface area (Å²) in [5.41, 5.74) is 0.816. The molecule has 0 bridgehead atoms. The van der Waals surface area contributed by atoms with E-state index in [1.807, 2.05) is 0 Å². The van der Waals surface area contributed by atoms with Crippen LogP contribution in [-0.4, -0.2) is 25.8 Å². The first-order valence-corrected chi connectivity index (χ1v) is 11.6. The molecule has 1 atom stereocenters. The Bertz CT molecular complexity index is 1520. The maximum atomic E-state index is 13.8. The molecule has 0 spiro atoms. The van der Waals surface area contributed by atoms with Gasteiger partial charge in [-0.2, -0.15) is 0 Å². The van der Waals surface area contributed by atoms with E-state index in [0.717, 1.165) is 12.1 Å². The Kier molecular flexibility index (Phi) is 8.75. The molecular formula is C27H25ClF2N2O4U. The van der Waals surface area contributed by atoms with Gasteiger partial charge in [0.1, 0.15) is 5.52 Å². The number of carboxylic acid groups (broad SMARTS) is 1. The SMILES string of the molecule is Cn1c(C(OC(C)(C)C)C(=O)O)c(-c2ccc(Cl)cc2)c2ccn(Cc3ccc(F)c(F)c3)c2c1=O.[U]. The molecule has 0 radical (unpaired) electrons. The van der Waals surface area contributed by atoms with Gasteiger partial charge in [-0.1, -0.05) is 29.8 Å². The van der Waals surface area contributed by atoms with Gasteiger partial charge in [0.25, 0.3) is 5.56 Å². The molecule has 37 heavy (non-hydrogen) atoms. The zero-order chi connectivity index (χ0) is 26.4. The Labute approximate surface area is 241 Å². The van der Waals surface area contributed by atoms with Crippen molar-refractivity contribution < 1.29 is 54.5 Å². The van der Waals surface area contributed by atoms with Crippen molar-refractivity contribution in [2.45, 2.75) is 39.0 Å². The van der Waals surface area contributed by atoms with Crippen molar-refractivity contribution in [2.75, 3.05) is 0 Å². The van der Waals surface area contributed by atoms with Gasteiger partial charge in [-0.05, 0) is 62.2 Å². The van der Waals surface area contributed by atoms with E-state index in [-0.39, 0.29) is 48.9 Å². The summed E-state index contributed by atoms with van der Waals surface area (Å²) in [6.45, 7) is 5.32. The Balaban J connectivity index is 0.00000380. The third-order valence-electron chi connectivity index (χ3n) is 5.77. The maximum absolute atomic E-state index is 13.8. The molecule has 10 heteroatoms. The predicted molar refractivity (Wildman–Crippen MR) is 134 cm³/mol. The van der Waals surface area contributed by atoms with Crippen LogP contribution in [0, 0.1) is 42.7 Å². The summed E-state index contributed by atoms with van der Waals surface area (Å²) in [5, 5.41) is 11.1. The minimum atomic E-state index is -1.44. The van der Waals surface area contributed by atoms with Crippen LogP contribution < -0.4 is 5.56 Å². The molecule has 2 aromatic carbocycles. The molecular weight excluding hydrogens is 728 g/mol. The minimum absolute atomic E-state index is 0. The van der Waals surface area contributed by atoms with Gasteiger partial charge in [0, 0.05) is 66.9 Å². The fourth-order valence-corrected chi connectivity index (χ4v) is 4.38. The number of carbonyl (C=O) groups is 1.